The second-order valence-corrected chi connectivity index (χ2v) is 2.61. The van der Waals surface area contributed by atoms with Crippen LogP contribution in [0.2, 0.25) is 0 Å². The van der Waals surface area contributed by atoms with Crippen molar-refractivity contribution in [3.8, 4) is 0 Å². The lowest BCUT2D eigenvalue weighted by Gasteiger charge is -1.96. The first-order valence-electron chi connectivity index (χ1n) is 3.03. The first-order chi connectivity index (χ1) is 5.54. The Balaban J connectivity index is 5.19. The molecule has 5 heteroatoms. The van der Waals surface area contributed by atoms with Gasteiger partial charge in [-0.25, -0.2) is 0 Å². The molecule has 0 amide bonds. The van der Waals surface area contributed by atoms with Crippen LogP contribution in [-0.4, -0.2) is 4.92 Å². The summed E-state index contributed by atoms with van der Waals surface area (Å²) in [5.74, 6) is 0. The molecule has 0 rings (SSSR count). The maximum atomic E-state index is 10.4. The Morgan fingerprint density at radius 3 is 2.33 bits per heavy atom. The zero-order chi connectivity index (χ0) is 9.72. The zero-order valence-electron chi connectivity index (χ0n) is 6.38. The molecule has 0 N–H and O–H groups in total. The Hall–Kier alpha value is -0.800. The molecule has 0 heterocycles. The molecule has 0 saturated carbocycles. The highest BCUT2D eigenvalue weighted by molar-refractivity contribution is 6.35. The molecule has 66 valence electrons. The molecule has 0 fully saturated rings. The number of nitro groups is 1. The maximum absolute atomic E-state index is 10.4. The van der Waals surface area contributed by atoms with Crippen molar-refractivity contribution >= 4 is 23.2 Å². The van der Waals surface area contributed by atoms with Crippen LogP contribution in [0.1, 0.15) is 6.92 Å². The van der Waals surface area contributed by atoms with E-state index in [4.69, 9.17) is 23.2 Å². The van der Waals surface area contributed by atoms with Crippen LogP contribution in [0.5, 0.6) is 0 Å². The molecular formula is C7H7Cl2NO2. The molecule has 12 heavy (non-hydrogen) atoms. The van der Waals surface area contributed by atoms with E-state index in [1.54, 1.807) is 6.92 Å². The van der Waals surface area contributed by atoms with Gasteiger partial charge in [0.05, 0.1) is 4.92 Å². The summed E-state index contributed by atoms with van der Waals surface area (Å²) in [6.07, 6.45) is 2.57. The van der Waals surface area contributed by atoms with Crippen LogP contribution in [0.25, 0.3) is 0 Å². The normalized spacial score (nSPS) is 13.8. The Morgan fingerprint density at radius 2 is 2.08 bits per heavy atom. The van der Waals surface area contributed by atoms with E-state index in [9.17, 15) is 10.1 Å². The van der Waals surface area contributed by atoms with Gasteiger partial charge < -0.3 is 0 Å². The van der Waals surface area contributed by atoms with Crippen molar-refractivity contribution in [2.75, 3.05) is 0 Å². The van der Waals surface area contributed by atoms with Crippen LogP contribution in [0.3, 0.4) is 0 Å². The summed E-state index contributed by atoms with van der Waals surface area (Å²) in [7, 11) is 0. The number of nitrogens with zero attached hydrogens (tertiary/aromatic N) is 1. The fourth-order valence-electron chi connectivity index (χ4n) is 0.522. The molecule has 3 nitrogen and oxygen atoms in total. The molecule has 0 bridgehead atoms. The van der Waals surface area contributed by atoms with Crippen LogP contribution in [0, 0.1) is 10.1 Å². The van der Waals surface area contributed by atoms with Gasteiger partial charge in [-0.2, -0.15) is 0 Å². The van der Waals surface area contributed by atoms with Crippen molar-refractivity contribution in [3.63, 3.8) is 0 Å². The summed E-state index contributed by atoms with van der Waals surface area (Å²) in [6.45, 7) is 4.88. The van der Waals surface area contributed by atoms with Crippen LogP contribution in [0.15, 0.2) is 34.5 Å². The molecule has 0 aliphatic heterocycles. The van der Waals surface area contributed by atoms with E-state index >= 15 is 0 Å². The standard InChI is InChI=1S/C7H7Cl2NO2/c1-3-5(8)7(10(11)12)6(9)4-2/h3-4H,1H2,2H3/b6-4+,7-5-. The van der Waals surface area contributed by atoms with Gasteiger partial charge in [-0.05, 0) is 13.0 Å². The average Bonchev–Trinajstić information content (AvgIpc) is 2.03. The van der Waals surface area contributed by atoms with Gasteiger partial charge in [-0.15, -0.1) is 0 Å². The Labute approximate surface area is 80.1 Å². The SMILES string of the molecule is C=C/C(Cl)=C(\C(Cl)=C/C)[N+](=O)[O-]. The van der Waals surface area contributed by atoms with Crippen molar-refractivity contribution in [3.05, 3.63) is 44.6 Å². The predicted octanol–water partition coefficient (Wildman–Crippen LogP) is 3.04. The van der Waals surface area contributed by atoms with Crippen molar-refractivity contribution in [1.82, 2.24) is 0 Å². The number of hydrogen-bond donors (Lipinski definition) is 0. The third kappa shape index (κ3) is 2.68. The lowest BCUT2D eigenvalue weighted by molar-refractivity contribution is -0.420. The topological polar surface area (TPSA) is 43.1 Å². The van der Waals surface area contributed by atoms with Crippen LogP contribution < -0.4 is 0 Å². The Bertz CT molecular complexity index is 269. The number of hydrogen-bond acceptors (Lipinski definition) is 2. The van der Waals surface area contributed by atoms with Gasteiger partial charge >= 0.3 is 5.70 Å². The first kappa shape index (κ1) is 11.2. The van der Waals surface area contributed by atoms with E-state index in [0.29, 0.717) is 0 Å². The second kappa shape index (κ2) is 4.95. The predicted molar refractivity (Wildman–Crippen MR) is 49.7 cm³/mol. The minimum atomic E-state index is -0.646. The smallest absolute Gasteiger partial charge is 0.258 e. The summed E-state index contributed by atoms with van der Waals surface area (Å²) in [5, 5.41) is 10.3. The van der Waals surface area contributed by atoms with Gasteiger partial charge in [0.2, 0.25) is 0 Å². The molecule has 0 aromatic rings. The van der Waals surface area contributed by atoms with Crippen LogP contribution in [0.4, 0.5) is 0 Å². The summed E-state index contributed by atoms with van der Waals surface area (Å²) >= 11 is 11.0. The molecule has 0 aliphatic rings. The lowest BCUT2D eigenvalue weighted by atomic mass is 10.3. The van der Waals surface area contributed by atoms with Gasteiger partial charge in [-0.1, -0.05) is 35.9 Å². The molecule has 0 aliphatic carbocycles. The van der Waals surface area contributed by atoms with Crippen LogP contribution >= 0.6 is 23.2 Å². The first-order valence-corrected chi connectivity index (χ1v) is 3.79. The monoisotopic (exact) mass is 207 g/mol. The summed E-state index contributed by atoms with van der Waals surface area (Å²) in [5.41, 5.74) is -0.323. The quantitative estimate of drug-likeness (QED) is 0.406. The van der Waals surface area contributed by atoms with E-state index < -0.39 is 4.92 Å². The number of allylic oxidation sites excluding steroid dienone is 4. The van der Waals surface area contributed by atoms with E-state index in [2.05, 4.69) is 6.58 Å². The number of rotatable bonds is 3. The van der Waals surface area contributed by atoms with Gasteiger partial charge in [0.25, 0.3) is 0 Å². The third-order valence-corrected chi connectivity index (χ3v) is 1.80. The summed E-state index contributed by atoms with van der Waals surface area (Å²) < 4.78 is 0. The van der Waals surface area contributed by atoms with Crippen molar-refractivity contribution in [2.45, 2.75) is 6.92 Å². The summed E-state index contributed by atoms with van der Waals surface area (Å²) in [6, 6.07) is 0. The van der Waals surface area contributed by atoms with Gasteiger partial charge in [0.15, 0.2) is 0 Å². The zero-order valence-corrected chi connectivity index (χ0v) is 7.89. The third-order valence-electron chi connectivity index (χ3n) is 1.07. The van der Waals surface area contributed by atoms with Gasteiger partial charge in [0, 0.05) is 0 Å². The van der Waals surface area contributed by atoms with E-state index in [1.807, 2.05) is 0 Å². The van der Waals surface area contributed by atoms with Crippen LogP contribution in [-0.2, 0) is 0 Å². The Morgan fingerprint density at radius 1 is 1.58 bits per heavy atom. The number of halogens is 2. The highest BCUT2D eigenvalue weighted by Crippen LogP contribution is 2.22. The lowest BCUT2D eigenvalue weighted by Crippen LogP contribution is -2.00. The van der Waals surface area contributed by atoms with E-state index in [0.717, 1.165) is 0 Å². The van der Waals surface area contributed by atoms with E-state index in [1.165, 1.54) is 12.2 Å². The maximum Gasteiger partial charge on any atom is 0.305 e. The minimum absolute atomic E-state index is 0.00454. The Kier molecular flexibility index (Phi) is 4.62. The fourth-order valence-corrected chi connectivity index (χ4v) is 0.912. The molecule has 0 aromatic heterocycles. The van der Waals surface area contributed by atoms with Crippen molar-refractivity contribution in [2.24, 2.45) is 0 Å². The highest BCUT2D eigenvalue weighted by Gasteiger charge is 2.18. The largest absolute Gasteiger partial charge is 0.305 e. The molecule has 0 saturated heterocycles. The minimum Gasteiger partial charge on any atom is -0.258 e. The molecule has 0 aromatic carbocycles. The highest BCUT2D eigenvalue weighted by atomic mass is 35.5. The molecular weight excluding hydrogens is 201 g/mol. The van der Waals surface area contributed by atoms with Gasteiger partial charge in [-0.3, -0.25) is 10.1 Å². The molecule has 0 spiro atoms. The molecule has 0 atom stereocenters. The molecule has 0 radical (unpaired) electrons. The summed E-state index contributed by atoms with van der Waals surface area (Å²) in [4.78, 5) is 9.74. The average molecular weight is 208 g/mol. The van der Waals surface area contributed by atoms with Gasteiger partial charge in [0.1, 0.15) is 10.1 Å². The fraction of sp³-hybridized carbons (Fsp3) is 0.143. The van der Waals surface area contributed by atoms with Crippen molar-refractivity contribution < 1.29 is 4.92 Å². The second-order valence-electron chi connectivity index (χ2n) is 1.79. The van der Waals surface area contributed by atoms with Crippen molar-refractivity contribution in [1.29, 1.82) is 0 Å². The molecule has 0 unspecified atom stereocenters. The van der Waals surface area contributed by atoms with E-state index in [-0.39, 0.29) is 15.8 Å².